The molecule has 1 N–H and O–H groups in total. The lowest BCUT2D eigenvalue weighted by Crippen LogP contribution is -2.47. The van der Waals surface area contributed by atoms with Crippen LogP contribution < -0.4 is 0 Å². The van der Waals surface area contributed by atoms with Gasteiger partial charge in [-0.3, -0.25) is 4.79 Å². The number of carboxylic acids is 1. The highest BCUT2D eigenvalue weighted by Gasteiger charge is 2.32. The molecule has 0 saturated carbocycles. The molecule has 1 saturated heterocycles. The van der Waals surface area contributed by atoms with E-state index >= 15 is 0 Å². The number of rotatable bonds is 8. The first-order chi connectivity index (χ1) is 18.1. The van der Waals surface area contributed by atoms with Gasteiger partial charge in [0.1, 0.15) is 12.2 Å². The van der Waals surface area contributed by atoms with Crippen LogP contribution in [0.4, 0.5) is 9.59 Å². The van der Waals surface area contributed by atoms with Crippen molar-refractivity contribution in [1.82, 2.24) is 9.80 Å². The maximum absolute atomic E-state index is 13.3. The van der Waals surface area contributed by atoms with Crippen LogP contribution in [0, 0.1) is 5.92 Å². The quantitative estimate of drug-likeness (QED) is 0.474. The molecule has 1 aliphatic heterocycles. The van der Waals surface area contributed by atoms with Gasteiger partial charge in [-0.2, -0.15) is 0 Å². The number of carbonyl (C=O) groups excluding carboxylic acids is 2. The van der Waals surface area contributed by atoms with Gasteiger partial charge in [0.05, 0.1) is 0 Å². The molecule has 8 heteroatoms. The number of aliphatic carboxylic acids is 1. The van der Waals surface area contributed by atoms with E-state index in [0.29, 0.717) is 26.1 Å². The molecule has 8 nitrogen and oxygen atoms in total. The Labute approximate surface area is 224 Å². The van der Waals surface area contributed by atoms with E-state index in [2.05, 4.69) is 24.3 Å². The number of benzene rings is 2. The summed E-state index contributed by atoms with van der Waals surface area (Å²) >= 11 is 0. The highest BCUT2D eigenvalue weighted by molar-refractivity contribution is 5.79. The fourth-order valence-corrected chi connectivity index (χ4v) is 5.38. The van der Waals surface area contributed by atoms with Gasteiger partial charge in [-0.15, -0.1) is 0 Å². The summed E-state index contributed by atoms with van der Waals surface area (Å²) in [4.78, 5) is 40.4. The lowest BCUT2D eigenvalue weighted by molar-refractivity contribution is -0.137. The van der Waals surface area contributed by atoms with Crippen molar-refractivity contribution >= 4 is 18.2 Å². The van der Waals surface area contributed by atoms with Crippen molar-refractivity contribution in [3.05, 3.63) is 59.7 Å². The molecule has 2 aromatic rings. The van der Waals surface area contributed by atoms with Crippen molar-refractivity contribution < 1.29 is 29.0 Å². The number of carbonyl (C=O) groups is 3. The van der Waals surface area contributed by atoms with E-state index < -0.39 is 17.7 Å². The van der Waals surface area contributed by atoms with E-state index in [9.17, 15) is 14.4 Å². The molecule has 0 unspecified atom stereocenters. The van der Waals surface area contributed by atoms with Gasteiger partial charge >= 0.3 is 18.2 Å². The number of amides is 2. The molecule has 0 radical (unpaired) electrons. The standard InChI is InChI=1S/C30H38N2O6/c1-30(2,3)38-29(36)32-16-8-10-21(19-32)18-31(17-9-15-27(33)34)28(35)37-20-26-24-13-6-4-11-22(24)23-12-5-7-14-25(23)26/h4-7,11-14,21,26H,8-10,15-20H2,1-3H3,(H,33,34)/t21-/m0/s1. The first kappa shape index (κ1) is 27.5. The SMILES string of the molecule is CC(C)(C)OC(=O)N1CCC[C@@H](CN(CCCC(=O)O)C(=O)OCC2c3ccccc3-c3ccccc32)C1. The molecule has 2 aromatic carbocycles. The average Bonchev–Trinajstić information content (AvgIpc) is 3.19. The molecule has 2 aliphatic rings. The number of piperidine rings is 1. The van der Waals surface area contributed by atoms with Gasteiger partial charge in [0.15, 0.2) is 0 Å². The molecule has 204 valence electrons. The third-order valence-electron chi connectivity index (χ3n) is 7.06. The van der Waals surface area contributed by atoms with E-state index in [4.69, 9.17) is 14.6 Å². The molecular weight excluding hydrogens is 484 g/mol. The predicted octanol–water partition coefficient (Wildman–Crippen LogP) is 5.75. The third kappa shape index (κ3) is 6.85. The van der Waals surface area contributed by atoms with Crippen LogP contribution in [0.2, 0.25) is 0 Å². The molecule has 4 rings (SSSR count). The maximum atomic E-state index is 13.3. The van der Waals surface area contributed by atoms with E-state index in [1.165, 1.54) is 0 Å². The number of hydrogen-bond donors (Lipinski definition) is 1. The summed E-state index contributed by atoms with van der Waals surface area (Å²) in [5.74, 6) is -0.891. The van der Waals surface area contributed by atoms with Crippen molar-refractivity contribution in [2.45, 2.75) is 58.0 Å². The molecule has 0 spiro atoms. The monoisotopic (exact) mass is 522 g/mol. The van der Waals surface area contributed by atoms with Crippen molar-refractivity contribution in [2.24, 2.45) is 5.92 Å². The number of ether oxygens (including phenoxy) is 2. The largest absolute Gasteiger partial charge is 0.481 e. The lowest BCUT2D eigenvalue weighted by Gasteiger charge is -2.36. The topological polar surface area (TPSA) is 96.4 Å². The zero-order valence-corrected chi connectivity index (χ0v) is 22.5. The summed E-state index contributed by atoms with van der Waals surface area (Å²) in [7, 11) is 0. The first-order valence-electron chi connectivity index (χ1n) is 13.4. The van der Waals surface area contributed by atoms with Crippen molar-refractivity contribution in [3.8, 4) is 11.1 Å². The second-order valence-corrected chi connectivity index (χ2v) is 11.2. The normalized spacial score (nSPS) is 16.9. The summed E-state index contributed by atoms with van der Waals surface area (Å²) in [6.07, 6.45) is 1.19. The van der Waals surface area contributed by atoms with E-state index in [-0.39, 0.29) is 37.5 Å². The zero-order valence-electron chi connectivity index (χ0n) is 22.5. The minimum atomic E-state index is -0.897. The molecule has 38 heavy (non-hydrogen) atoms. The number of nitrogens with zero attached hydrogens (tertiary/aromatic N) is 2. The highest BCUT2D eigenvalue weighted by atomic mass is 16.6. The van der Waals surface area contributed by atoms with Crippen LogP contribution >= 0.6 is 0 Å². The summed E-state index contributed by atoms with van der Waals surface area (Å²) in [5.41, 5.74) is 4.02. The van der Waals surface area contributed by atoms with Crippen LogP contribution in [0.3, 0.4) is 0 Å². The maximum Gasteiger partial charge on any atom is 0.410 e. The zero-order chi connectivity index (χ0) is 27.3. The Kier molecular flexibility index (Phi) is 8.59. The fraction of sp³-hybridized carbons (Fsp3) is 0.500. The minimum Gasteiger partial charge on any atom is -0.481 e. The Balaban J connectivity index is 1.42. The van der Waals surface area contributed by atoms with Crippen molar-refractivity contribution in [2.75, 3.05) is 32.8 Å². The average molecular weight is 523 g/mol. The van der Waals surface area contributed by atoms with Gasteiger partial charge in [0.25, 0.3) is 0 Å². The highest BCUT2D eigenvalue weighted by Crippen LogP contribution is 2.44. The molecule has 0 aromatic heterocycles. The first-order valence-corrected chi connectivity index (χ1v) is 13.4. The Morgan fingerprint density at radius 2 is 1.66 bits per heavy atom. The van der Waals surface area contributed by atoms with E-state index in [1.54, 1.807) is 9.80 Å². The van der Waals surface area contributed by atoms with Crippen molar-refractivity contribution in [1.29, 1.82) is 0 Å². The molecule has 1 atom stereocenters. The Bertz CT molecular complexity index is 1110. The van der Waals surface area contributed by atoms with Gasteiger partial charge in [-0.1, -0.05) is 48.5 Å². The summed E-state index contributed by atoms with van der Waals surface area (Å²) < 4.78 is 11.4. The third-order valence-corrected chi connectivity index (χ3v) is 7.06. The minimum absolute atomic E-state index is 0.0259. The van der Waals surface area contributed by atoms with Gasteiger partial charge in [-0.25, -0.2) is 9.59 Å². The van der Waals surface area contributed by atoms with Gasteiger partial charge in [0.2, 0.25) is 0 Å². The Hall–Kier alpha value is -3.55. The summed E-state index contributed by atoms with van der Waals surface area (Å²) in [6.45, 7) is 7.52. The second-order valence-electron chi connectivity index (χ2n) is 11.2. The van der Waals surface area contributed by atoms with Crippen LogP contribution in [0.1, 0.15) is 63.5 Å². The Morgan fingerprint density at radius 3 is 2.26 bits per heavy atom. The summed E-state index contributed by atoms with van der Waals surface area (Å²) in [5, 5.41) is 9.12. The molecule has 1 aliphatic carbocycles. The number of likely N-dealkylation sites (tertiary alicyclic amines) is 1. The van der Waals surface area contributed by atoms with Crippen molar-refractivity contribution in [3.63, 3.8) is 0 Å². The smallest absolute Gasteiger partial charge is 0.410 e. The second kappa shape index (κ2) is 11.9. The Morgan fingerprint density at radius 1 is 1.03 bits per heavy atom. The van der Waals surface area contributed by atoms with Crippen LogP contribution in [-0.4, -0.2) is 71.4 Å². The van der Waals surface area contributed by atoms with Gasteiger partial charge < -0.3 is 24.4 Å². The molecule has 1 heterocycles. The summed E-state index contributed by atoms with van der Waals surface area (Å²) in [6, 6.07) is 16.4. The molecular formula is C30H38N2O6. The molecule has 0 bridgehead atoms. The number of fused-ring (bicyclic) bond motifs is 3. The van der Waals surface area contributed by atoms with Crippen LogP contribution in [0.15, 0.2) is 48.5 Å². The van der Waals surface area contributed by atoms with Gasteiger partial charge in [-0.05, 0) is 68.2 Å². The van der Waals surface area contributed by atoms with Gasteiger partial charge in [0, 0.05) is 38.5 Å². The predicted molar refractivity (Wildman–Crippen MR) is 144 cm³/mol. The van der Waals surface area contributed by atoms with Crippen LogP contribution in [0.5, 0.6) is 0 Å². The van der Waals surface area contributed by atoms with Crippen LogP contribution in [0.25, 0.3) is 11.1 Å². The van der Waals surface area contributed by atoms with E-state index in [0.717, 1.165) is 35.1 Å². The van der Waals surface area contributed by atoms with E-state index in [1.807, 2.05) is 45.0 Å². The molecule has 1 fully saturated rings. The number of hydrogen-bond acceptors (Lipinski definition) is 5. The van der Waals surface area contributed by atoms with Crippen LogP contribution in [-0.2, 0) is 14.3 Å². The number of carboxylic acid groups (broad SMARTS) is 1. The lowest BCUT2D eigenvalue weighted by atomic mass is 9.97. The molecule has 2 amide bonds. The fourth-order valence-electron chi connectivity index (χ4n) is 5.38.